The molecule has 1 fully saturated rings. The smallest absolute Gasteiger partial charge is 0.271 e. The molecule has 1 aliphatic rings. The SMILES string of the molecule is O=S(=O)(Cc1ccccc1)OC[C@H]1CO1. The molecule has 0 saturated carbocycles. The summed E-state index contributed by atoms with van der Waals surface area (Å²) in [6.07, 6.45) is -0.0319. The first-order valence-electron chi connectivity index (χ1n) is 4.68. The van der Waals surface area contributed by atoms with Gasteiger partial charge in [-0.1, -0.05) is 30.3 Å². The normalized spacial score (nSPS) is 20.1. The fourth-order valence-electron chi connectivity index (χ4n) is 1.16. The van der Waals surface area contributed by atoms with Crippen LogP contribution in [-0.4, -0.2) is 27.7 Å². The molecule has 0 bridgehead atoms. The Kier molecular flexibility index (Phi) is 3.04. The molecule has 0 aliphatic carbocycles. The first kappa shape index (κ1) is 10.6. The molecule has 1 saturated heterocycles. The zero-order valence-corrected chi connectivity index (χ0v) is 8.94. The van der Waals surface area contributed by atoms with E-state index < -0.39 is 10.1 Å². The second-order valence-corrected chi connectivity index (χ2v) is 5.07. The quantitative estimate of drug-likeness (QED) is 0.555. The summed E-state index contributed by atoms with van der Waals surface area (Å²) in [6.45, 7) is 0.732. The average molecular weight is 228 g/mol. The number of hydrogen-bond acceptors (Lipinski definition) is 4. The van der Waals surface area contributed by atoms with Gasteiger partial charge in [-0.2, -0.15) is 8.42 Å². The molecule has 1 atom stereocenters. The van der Waals surface area contributed by atoms with E-state index in [9.17, 15) is 8.42 Å². The van der Waals surface area contributed by atoms with Crippen LogP contribution in [0.1, 0.15) is 5.56 Å². The van der Waals surface area contributed by atoms with Gasteiger partial charge >= 0.3 is 0 Å². The molecular formula is C10H12O4S. The second kappa shape index (κ2) is 4.30. The minimum Gasteiger partial charge on any atom is -0.371 e. The molecule has 2 rings (SSSR count). The van der Waals surface area contributed by atoms with E-state index in [0.29, 0.717) is 6.61 Å². The summed E-state index contributed by atoms with van der Waals surface area (Å²) in [6, 6.07) is 8.96. The predicted molar refractivity (Wildman–Crippen MR) is 54.8 cm³/mol. The Balaban J connectivity index is 1.91. The molecule has 0 aromatic heterocycles. The van der Waals surface area contributed by atoms with Gasteiger partial charge in [0.1, 0.15) is 11.9 Å². The molecule has 0 amide bonds. The average Bonchev–Trinajstić information content (AvgIpc) is 2.99. The van der Waals surface area contributed by atoms with Crippen molar-refractivity contribution < 1.29 is 17.3 Å². The molecule has 0 N–H and O–H groups in total. The number of hydrogen-bond donors (Lipinski definition) is 0. The third kappa shape index (κ3) is 3.62. The summed E-state index contributed by atoms with van der Waals surface area (Å²) >= 11 is 0. The van der Waals surface area contributed by atoms with Gasteiger partial charge in [0.2, 0.25) is 0 Å². The summed E-state index contributed by atoms with van der Waals surface area (Å²) in [5, 5.41) is 0. The minimum atomic E-state index is -3.47. The van der Waals surface area contributed by atoms with Crippen molar-refractivity contribution >= 4 is 10.1 Å². The van der Waals surface area contributed by atoms with Crippen LogP contribution >= 0.6 is 0 Å². The third-order valence-electron chi connectivity index (χ3n) is 2.02. The number of epoxide rings is 1. The Labute approximate surface area is 88.9 Å². The lowest BCUT2D eigenvalue weighted by Crippen LogP contribution is -2.12. The molecule has 1 aromatic carbocycles. The Hall–Kier alpha value is -0.910. The molecule has 0 unspecified atom stereocenters. The van der Waals surface area contributed by atoms with E-state index >= 15 is 0 Å². The Morgan fingerprint density at radius 3 is 2.60 bits per heavy atom. The van der Waals surface area contributed by atoms with Crippen LogP contribution in [0.5, 0.6) is 0 Å². The number of benzene rings is 1. The molecule has 82 valence electrons. The molecule has 5 heteroatoms. The Bertz CT molecular complexity index is 408. The first-order valence-corrected chi connectivity index (χ1v) is 6.26. The van der Waals surface area contributed by atoms with Crippen molar-refractivity contribution in [2.24, 2.45) is 0 Å². The second-order valence-electron chi connectivity index (χ2n) is 3.43. The molecule has 0 radical (unpaired) electrons. The number of ether oxygens (including phenoxy) is 1. The predicted octanol–water partition coefficient (Wildman–Crippen LogP) is 0.932. The van der Waals surface area contributed by atoms with E-state index in [1.165, 1.54) is 0 Å². The van der Waals surface area contributed by atoms with Crippen molar-refractivity contribution in [3.05, 3.63) is 35.9 Å². The van der Waals surface area contributed by atoms with E-state index in [-0.39, 0.29) is 18.5 Å². The highest BCUT2D eigenvalue weighted by atomic mass is 32.2. The van der Waals surface area contributed by atoms with Gasteiger partial charge in [0.25, 0.3) is 10.1 Å². The highest BCUT2D eigenvalue weighted by Gasteiger charge is 2.25. The van der Waals surface area contributed by atoms with E-state index in [1.54, 1.807) is 24.3 Å². The summed E-state index contributed by atoms with van der Waals surface area (Å²) < 4.78 is 32.6. The topological polar surface area (TPSA) is 55.9 Å². The van der Waals surface area contributed by atoms with Gasteiger partial charge in [0.05, 0.1) is 13.2 Å². The van der Waals surface area contributed by atoms with Crippen molar-refractivity contribution in [3.63, 3.8) is 0 Å². The lowest BCUT2D eigenvalue weighted by Gasteiger charge is -2.03. The largest absolute Gasteiger partial charge is 0.371 e. The van der Waals surface area contributed by atoms with Crippen LogP contribution in [0, 0.1) is 0 Å². The van der Waals surface area contributed by atoms with Crippen LogP contribution in [0.4, 0.5) is 0 Å². The lowest BCUT2D eigenvalue weighted by atomic mass is 10.2. The highest BCUT2D eigenvalue weighted by molar-refractivity contribution is 7.85. The van der Waals surface area contributed by atoms with Gasteiger partial charge < -0.3 is 4.74 Å². The molecule has 1 aromatic rings. The van der Waals surface area contributed by atoms with Crippen molar-refractivity contribution in [3.8, 4) is 0 Å². The number of rotatable bonds is 5. The summed E-state index contributed by atoms with van der Waals surface area (Å²) in [5.74, 6) is -0.0828. The molecule has 1 heterocycles. The maximum absolute atomic E-state index is 11.5. The standard InChI is InChI=1S/C10H12O4S/c11-15(12,14-7-10-6-13-10)8-9-4-2-1-3-5-9/h1-5,10H,6-8H2/t10-/m1/s1. The zero-order valence-electron chi connectivity index (χ0n) is 8.13. The van der Waals surface area contributed by atoms with E-state index in [2.05, 4.69) is 0 Å². The molecule has 0 spiro atoms. The van der Waals surface area contributed by atoms with Crippen LogP contribution in [0.2, 0.25) is 0 Å². The minimum absolute atomic E-state index is 0.0319. The van der Waals surface area contributed by atoms with Crippen LogP contribution in [-0.2, 0) is 24.8 Å². The fraction of sp³-hybridized carbons (Fsp3) is 0.400. The van der Waals surface area contributed by atoms with Gasteiger partial charge in [0.15, 0.2) is 0 Å². The summed E-state index contributed by atoms with van der Waals surface area (Å²) in [4.78, 5) is 0. The summed E-state index contributed by atoms with van der Waals surface area (Å²) in [5.41, 5.74) is 0.731. The maximum atomic E-state index is 11.5. The van der Waals surface area contributed by atoms with Gasteiger partial charge in [-0.25, -0.2) is 0 Å². The lowest BCUT2D eigenvalue weighted by molar-refractivity contribution is 0.266. The molecule has 4 nitrogen and oxygen atoms in total. The highest BCUT2D eigenvalue weighted by Crippen LogP contribution is 2.13. The first-order chi connectivity index (χ1) is 7.16. The third-order valence-corrected chi connectivity index (χ3v) is 3.20. The van der Waals surface area contributed by atoms with Crippen LogP contribution in [0.3, 0.4) is 0 Å². The fourth-order valence-corrected chi connectivity index (χ4v) is 2.21. The van der Waals surface area contributed by atoms with E-state index in [0.717, 1.165) is 5.56 Å². The van der Waals surface area contributed by atoms with E-state index in [4.69, 9.17) is 8.92 Å². The van der Waals surface area contributed by atoms with Gasteiger partial charge in [-0.05, 0) is 5.56 Å². The zero-order chi connectivity index (χ0) is 10.7. The Morgan fingerprint density at radius 1 is 1.33 bits per heavy atom. The van der Waals surface area contributed by atoms with Crippen LogP contribution in [0.25, 0.3) is 0 Å². The van der Waals surface area contributed by atoms with Gasteiger partial charge in [0, 0.05) is 0 Å². The van der Waals surface area contributed by atoms with Crippen molar-refractivity contribution in [2.45, 2.75) is 11.9 Å². The summed E-state index contributed by atoms with van der Waals surface area (Å²) in [7, 11) is -3.47. The Morgan fingerprint density at radius 2 is 2.00 bits per heavy atom. The monoisotopic (exact) mass is 228 g/mol. The van der Waals surface area contributed by atoms with Crippen LogP contribution < -0.4 is 0 Å². The van der Waals surface area contributed by atoms with Crippen molar-refractivity contribution in [1.82, 2.24) is 0 Å². The molecule has 1 aliphatic heterocycles. The van der Waals surface area contributed by atoms with Crippen molar-refractivity contribution in [1.29, 1.82) is 0 Å². The maximum Gasteiger partial charge on any atom is 0.271 e. The van der Waals surface area contributed by atoms with Crippen LogP contribution in [0.15, 0.2) is 30.3 Å². The van der Waals surface area contributed by atoms with E-state index in [1.807, 2.05) is 6.07 Å². The molecular weight excluding hydrogens is 216 g/mol. The molecule has 15 heavy (non-hydrogen) atoms. The van der Waals surface area contributed by atoms with Crippen molar-refractivity contribution in [2.75, 3.05) is 13.2 Å². The van der Waals surface area contributed by atoms with Gasteiger partial charge in [-0.15, -0.1) is 0 Å². The van der Waals surface area contributed by atoms with Gasteiger partial charge in [-0.3, -0.25) is 4.18 Å².